The van der Waals surface area contributed by atoms with Gasteiger partial charge in [-0.1, -0.05) is 0 Å². The van der Waals surface area contributed by atoms with Gasteiger partial charge in [-0.2, -0.15) is 0 Å². The summed E-state index contributed by atoms with van der Waals surface area (Å²) in [5.41, 5.74) is 0. The Kier molecular flexibility index (Phi) is 3.86. The van der Waals surface area contributed by atoms with Crippen LogP contribution >= 0.6 is 0 Å². The van der Waals surface area contributed by atoms with Gasteiger partial charge in [-0.05, 0) is 0 Å². The zero-order valence-electron chi connectivity index (χ0n) is 7.23. The van der Waals surface area contributed by atoms with Crippen molar-refractivity contribution in [1.82, 2.24) is 0 Å². The van der Waals surface area contributed by atoms with Crippen molar-refractivity contribution in [2.24, 2.45) is 0 Å². The Balaban J connectivity index is 3.88. The van der Waals surface area contributed by atoms with Crippen LogP contribution in [0.15, 0.2) is 12.2 Å². The summed E-state index contributed by atoms with van der Waals surface area (Å²) < 4.78 is 0.893. The van der Waals surface area contributed by atoms with Crippen molar-refractivity contribution in [1.29, 1.82) is 0 Å². The molecule has 0 saturated heterocycles. The van der Waals surface area contributed by atoms with Gasteiger partial charge in [0.1, 0.15) is 0 Å². The van der Waals surface area contributed by atoms with Crippen molar-refractivity contribution in [3.8, 4) is 0 Å². The van der Waals surface area contributed by atoms with Gasteiger partial charge in [0, 0.05) is 0 Å². The fourth-order valence-corrected chi connectivity index (χ4v) is 2.77. The van der Waals surface area contributed by atoms with Gasteiger partial charge in [0.05, 0.1) is 0 Å². The van der Waals surface area contributed by atoms with Crippen LogP contribution in [0.5, 0.6) is 0 Å². The average molecular weight is 233 g/mol. The van der Waals surface area contributed by atoms with E-state index in [1.54, 1.807) is 0 Å². The Morgan fingerprint density at radius 3 is 1.78 bits per heavy atom. The Hall–Kier alpha value is 0.539. The summed E-state index contributed by atoms with van der Waals surface area (Å²) in [5, 5.41) is 0. The predicted octanol–water partition coefficient (Wildman–Crippen LogP) is 3.29. The Labute approximate surface area is 63.2 Å². The first-order valence-electron chi connectivity index (χ1n) is 3.61. The molecule has 0 aromatic rings. The maximum absolute atomic E-state index is 2.47. The van der Waals surface area contributed by atoms with Crippen LogP contribution in [0.2, 0.25) is 18.8 Å². The monoisotopic (exact) mass is 234 g/mol. The molecular weight excluding hydrogens is 215 g/mol. The summed E-state index contributed by atoms with van der Waals surface area (Å²) in [6.45, 7) is 4.45. The molecule has 0 aromatic heterocycles. The van der Waals surface area contributed by atoms with Crippen molar-refractivity contribution < 1.29 is 0 Å². The van der Waals surface area contributed by atoms with Gasteiger partial charge >= 0.3 is 63.1 Å². The molecule has 0 radical (unpaired) electrons. The molecule has 0 amide bonds. The van der Waals surface area contributed by atoms with Crippen molar-refractivity contribution in [2.45, 2.75) is 32.6 Å². The van der Waals surface area contributed by atoms with E-state index >= 15 is 0 Å². The first-order valence-corrected chi connectivity index (χ1v) is 13.8. The minimum atomic E-state index is -1.53. The molecule has 0 N–H and O–H groups in total. The van der Waals surface area contributed by atoms with Gasteiger partial charge < -0.3 is 0 Å². The molecule has 0 bridgehead atoms. The minimum absolute atomic E-state index is 0.893. The molecule has 0 fully saturated rings. The van der Waals surface area contributed by atoms with E-state index < -0.39 is 18.4 Å². The number of hydrogen-bond acceptors (Lipinski definition) is 0. The van der Waals surface area contributed by atoms with Gasteiger partial charge in [0.15, 0.2) is 0 Å². The van der Waals surface area contributed by atoms with Gasteiger partial charge in [-0.25, -0.2) is 0 Å². The molecule has 0 nitrogen and oxygen atoms in total. The summed E-state index contributed by atoms with van der Waals surface area (Å²) in [5.74, 6) is 0. The van der Waals surface area contributed by atoms with Crippen LogP contribution < -0.4 is 0 Å². The second-order valence-corrected chi connectivity index (χ2v) is 19.8. The molecule has 0 aliphatic carbocycles. The van der Waals surface area contributed by atoms with E-state index in [0.717, 1.165) is 3.93 Å². The van der Waals surface area contributed by atoms with Crippen LogP contribution in [0.25, 0.3) is 0 Å². The summed E-state index contributed by atoms with van der Waals surface area (Å²) >= 11 is -1.53. The van der Waals surface area contributed by atoms with Crippen molar-refractivity contribution in [3.63, 3.8) is 0 Å². The molecular formula is C8H18Sn. The normalized spacial score (nSPS) is 16.6. The maximum atomic E-state index is 2.47. The van der Waals surface area contributed by atoms with E-state index in [1.807, 2.05) is 0 Å². The average Bonchev–Trinajstić information content (AvgIpc) is 1.64. The fraction of sp³-hybridized carbons (Fsp3) is 0.750. The summed E-state index contributed by atoms with van der Waals surface area (Å²) in [7, 11) is 0. The molecule has 1 atom stereocenters. The zero-order valence-corrected chi connectivity index (χ0v) is 10.1. The Bertz CT molecular complexity index is 97.6. The van der Waals surface area contributed by atoms with Crippen molar-refractivity contribution in [2.75, 3.05) is 0 Å². The predicted molar refractivity (Wildman–Crippen MR) is 47.6 cm³/mol. The molecule has 0 aromatic carbocycles. The van der Waals surface area contributed by atoms with Gasteiger partial charge in [-0.3, -0.25) is 0 Å². The molecule has 1 heteroatoms. The molecule has 0 heterocycles. The molecule has 1 unspecified atom stereocenters. The van der Waals surface area contributed by atoms with Crippen LogP contribution in [-0.2, 0) is 0 Å². The van der Waals surface area contributed by atoms with E-state index in [-0.39, 0.29) is 0 Å². The van der Waals surface area contributed by atoms with E-state index in [1.165, 1.54) is 0 Å². The van der Waals surface area contributed by atoms with Crippen LogP contribution in [0.4, 0.5) is 0 Å². The number of allylic oxidation sites excluding steroid dienone is 2. The third-order valence-corrected chi connectivity index (χ3v) is 10.2. The second-order valence-electron chi connectivity index (χ2n) is 3.68. The molecule has 0 rings (SSSR count). The van der Waals surface area contributed by atoms with Gasteiger partial charge in [0.25, 0.3) is 0 Å². The zero-order chi connectivity index (χ0) is 7.49. The third kappa shape index (κ3) is 4.01. The van der Waals surface area contributed by atoms with Gasteiger partial charge in [0.2, 0.25) is 0 Å². The van der Waals surface area contributed by atoms with E-state index in [0.29, 0.717) is 0 Å². The Morgan fingerprint density at radius 2 is 1.67 bits per heavy atom. The first kappa shape index (κ1) is 9.54. The summed E-state index contributed by atoms with van der Waals surface area (Å²) in [6.07, 6.45) is 4.52. The molecule has 0 aliphatic heterocycles. The van der Waals surface area contributed by atoms with E-state index in [2.05, 4.69) is 40.8 Å². The molecule has 54 valence electrons. The number of rotatable bonds is 2. The van der Waals surface area contributed by atoms with Crippen LogP contribution in [-0.4, -0.2) is 18.4 Å². The third-order valence-electron chi connectivity index (χ3n) is 1.85. The van der Waals surface area contributed by atoms with E-state index in [9.17, 15) is 0 Å². The first-order chi connectivity index (χ1) is 3.98. The van der Waals surface area contributed by atoms with Crippen LogP contribution in [0, 0.1) is 0 Å². The molecule has 0 saturated carbocycles. The topological polar surface area (TPSA) is 0 Å². The standard InChI is InChI=1S/C5H9.3CH3.Sn/c1-3-5-4-2;;;;/h3-5H,1-2H3;3*1H3;/b5-3+;;;;. The van der Waals surface area contributed by atoms with Crippen molar-refractivity contribution in [3.05, 3.63) is 12.2 Å². The molecule has 0 spiro atoms. The quantitative estimate of drug-likeness (QED) is 0.507. The van der Waals surface area contributed by atoms with Crippen LogP contribution in [0.1, 0.15) is 13.8 Å². The second kappa shape index (κ2) is 3.64. The summed E-state index contributed by atoms with van der Waals surface area (Å²) in [4.78, 5) is 7.41. The number of hydrogen-bond donors (Lipinski definition) is 0. The molecule has 0 aliphatic rings. The molecule has 9 heavy (non-hydrogen) atoms. The van der Waals surface area contributed by atoms with Crippen molar-refractivity contribution >= 4 is 18.4 Å². The Morgan fingerprint density at radius 1 is 1.22 bits per heavy atom. The van der Waals surface area contributed by atoms with Gasteiger partial charge in [-0.15, -0.1) is 0 Å². The van der Waals surface area contributed by atoms with E-state index in [4.69, 9.17) is 0 Å². The summed E-state index contributed by atoms with van der Waals surface area (Å²) in [6, 6.07) is 0. The SMILES string of the molecule is C/C=C/[CH](C)[Sn]([CH3])([CH3])[CH3]. The van der Waals surface area contributed by atoms with Crippen LogP contribution in [0.3, 0.4) is 0 Å². The fourth-order valence-electron chi connectivity index (χ4n) is 0.577.